The van der Waals surface area contributed by atoms with E-state index < -0.39 is 40.8 Å². The van der Waals surface area contributed by atoms with Crippen LogP contribution >= 0.6 is 0 Å². The molecular weight excluding hydrogens is 268 g/mol. The van der Waals surface area contributed by atoms with Gasteiger partial charge in [-0.1, -0.05) is 0 Å². The first-order chi connectivity index (χ1) is 7.94. The van der Waals surface area contributed by atoms with E-state index in [1.807, 2.05) is 0 Å². The van der Waals surface area contributed by atoms with Crippen molar-refractivity contribution in [1.29, 1.82) is 0 Å². The van der Waals surface area contributed by atoms with E-state index >= 15 is 0 Å². The maximum Gasteiger partial charge on any atom is 0.434 e. The average Bonchev–Trinajstić information content (AvgIpc) is 2.12. The van der Waals surface area contributed by atoms with Crippen molar-refractivity contribution in [3.05, 3.63) is 28.6 Å². The summed E-state index contributed by atoms with van der Waals surface area (Å²) >= 11 is 0. The van der Waals surface area contributed by atoms with Crippen LogP contribution in [0.4, 0.5) is 26.3 Å². The van der Waals surface area contributed by atoms with E-state index in [1.165, 1.54) is 0 Å². The summed E-state index contributed by atoms with van der Waals surface area (Å²) in [6, 6.07) is 0.263. The lowest BCUT2D eigenvalue weighted by Gasteiger charge is -2.14. The van der Waals surface area contributed by atoms with Gasteiger partial charge in [0, 0.05) is 0 Å². The van der Waals surface area contributed by atoms with Gasteiger partial charge in [-0.15, -0.1) is 0 Å². The Hall–Kier alpha value is -1.80. The van der Waals surface area contributed by atoms with Gasteiger partial charge >= 0.3 is 18.3 Å². The molecule has 0 fully saturated rings. The number of nitrogens with zero attached hydrogens (tertiary/aromatic N) is 1. The van der Waals surface area contributed by atoms with Crippen molar-refractivity contribution in [2.75, 3.05) is 0 Å². The van der Waals surface area contributed by atoms with E-state index in [9.17, 15) is 31.1 Å². The SMILES string of the molecule is Cc1cc(C(F)(F)F)nc(C(F)(F)F)c1C(=O)O. The van der Waals surface area contributed by atoms with Crippen molar-refractivity contribution >= 4 is 5.97 Å². The van der Waals surface area contributed by atoms with Crippen molar-refractivity contribution in [3.63, 3.8) is 0 Å². The minimum Gasteiger partial charge on any atom is -0.478 e. The molecule has 0 atom stereocenters. The lowest BCUT2D eigenvalue weighted by atomic mass is 10.1. The maximum absolute atomic E-state index is 12.5. The van der Waals surface area contributed by atoms with Crippen molar-refractivity contribution < 1.29 is 36.2 Å². The fourth-order valence-electron chi connectivity index (χ4n) is 1.29. The second kappa shape index (κ2) is 4.14. The first-order valence-corrected chi connectivity index (χ1v) is 4.34. The number of rotatable bonds is 1. The summed E-state index contributed by atoms with van der Waals surface area (Å²) in [6.45, 7) is 0.843. The third-order valence-corrected chi connectivity index (χ3v) is 1.99. The summed E-state index contributed by atoms with van der Waals surface area (Å²) < 4.78 is 74.3. The number of aromatic carboxylic acids is 1. The normalized spacial score (nSPS) is 12.6. The highest BCUT2D eigenvalue weighted by Crippen LogP contribution is 2.36. The van der Waals surface area contributed by atoms with Crippen LogP contribution in [0, 0.1) is 6.92 Å². The molecule has 3 nitrogen and oxygen atoms in total. The van der Waals surface area contributed by atoms with Gasteiger partial charge in [-0.05, 0) is 18.6 Å². The van der Waals surface area contributed by atoms with E-state index in [4.69, 9.17) is 5.11 Å². The molecule has 0 aliphatic rings. The zero-order valence-electron chi connectivity index (χ0n) is 8.65. The number of carboxylic acids is 1. The Bertz CT molecular complexity index is 491. The standard InChI is InChI=1S/C9H5F6NO2/c1-3-2-4(8(10,11)12)16-6(9(13,14)15)5(3)7(17)18/h2H,1H3,(H,17,18). The number of aromatic nitrogens is 1. The molecule has 1 heterocycles. The zero-order valence-corrected chi connectivity index (χ0v) is 8.65. The van der Waals surface area contributed by atoms with Crippen LogP contribution in [0.15, 0.2) is 6.07 Å². The molecule has 0 aliphatic heterocycles. The molecule has 1 aromatic rings. The van der Waals surface area contributed by atoms with Crippen LogP contribution in [0.2, 0.25) is 0 Å². The van der Waals surface area contributed by atoms with Gasteiger partial charge in [0.2, 0.25) is 0 Å². The van der Waals surface area contributed by atoms with Crippen LogP contribution in [0.25, 0.3) is 0 Å². The number of carbonyl (C=O) groups is 1. The summed E-state index contributed by atoms with van der Waals surface area (Å²) in [5.41, 5.74) is -5.77. The minimum absolute atomic E-state index is 0.263. The van der Waals surface area contributed by atoms with Crippen molar-refractivity contribution in [1.82, 2.24) is 4.98 Å². The highest BCUT2D eigenvalue weighted by molar-refractivity contribution is 5.90. The summed E-state index contributed by atoms with van der Waals surface area (Å²) in [7, 11) is 0. The molecular formula is C9H5F6NO2. The van der Waals surface area contributed by atoms with Gasteiger partial charge in [0.25, 0.3) is 0 Å². The van der Waals surface area contributed by atoms with Gasteiger partial charge in [-0.25, -0.2) is 9.78 Å². The Morgan fingerprint density at radius 1 is 1.17 bits per heavy atom. The van der Waals surface area contributed by atoms with E-state index in [2.05, 4.69) is 4.98 Å². The molecule has 0 spiro atoms. The predicted molar refractivity (Wildman–Crippen MR) is 45.9 cm³/mol. The molecule has 9 heteroatoms. The smallest absolute Gasteiger partial charge is 0.434 e. The van der Waals surface area contributed by atoms with Crippen LogP contribution in [-0.2, 0) is 12.4 Å². The molecule has 0 unspecified atom stereocenters. The largest absolute Gasteiger partial charge is 0.478 e. The Labute approximate surface area is 96.1 Å². The van der Waals surface area contributed by atoms with Gasteiger partial charge in [-0.3, -0.25) is 0 Å². The molecule has 0 saturated carbocycles. The fourth-order valence-corrected chi connectivity index (χ4v) is 1.29. The second-order valence-electron chi connectivity index (χ2n) is 3.35. The van der Waals surface area contributed by atoms with E-state index in [0.29, 0.717) is 0 Å². The van der Waals surface area contributed by atoms with Crippen LogP contribution in [0.5, 0.6) is 0 Å². The summed E-state index contributed by atoms with van der Waals surface area (Å²) in [5.74, 6) is -1.99. The summed E-state index contributed by atoms with van der Waals surface area (Å²) in [6.07, 6.45) is -10.4. The average molecular weight is 273 g/mol. The summed E-state index contributed by atoms with van der Waals surface area (Å²) in [4.78, 5) is 13.0. The molecule has 1 N–H and O–H groups in total. The highest BCUT2D eigenvalue weighted by Gasteiger charge is 2.42. The lowest BCUT2D eigenvalue weighted by Crippen LogP contribution is -2.21. The van der Waals surface area contributed by atoms with Crippen molar-refractivity contribution in [2.45, 2.75) is 19.3 Å². The molecule has 100 valence electrons. The van der Waals surface area contributed by atoms with Crippen molar-refractivity contribution in [2.24, 2.45) is 0 Å². The molecule has 1 rings (SSSR count). The summed E-state index contributed by atoms with van der Waals surface area (Å²) in [5, 5.41) is 8.58. The molecule has 0 saturated heterocycles. The van der Waals surface area contributed by atoms with Crippen molar-refractivity contribution in [3.8, 4) is 0 Å². The molecule has 0 aliphatic carbocycles. The van der Waals surface area contributed by atoms with Gasteiger partial charge in [0.15, 0.2) is 5.69 Å². The fraction of sp³-hybridized carbons (Fsp3) is 0.333. The topological polar surface area (TPSA) is 50.2 Å². The molecule has 0 bridgehead atoms. The molecule has 0 amide bonds. The first kappa shape index (κ1) is 14.3. The number of hydrogen-bond acceptors (Lipinski definition) is 2. The molecule has 0 radical (unpaired) electrons. The quantitative estimate of drug-likeness (QED) is 0.800. The van der Waals surface area contributed by atoms with E-state index in [1.54, 1.807) is 0 Å². The number of hydrogen-bond donors (Lipinski definition) is 1. The lowest BCUT2D eigenvalue weighted by molar-refractivity contribution is -0.150. The molecule has 1 aromatic heterocycles. The van der Waals surface area contributed by atoms with E-state index in [-0.39, 0.29) is 6.07 Å². The van der Waals surface area contributed by atoms with Gasteiger partial charge < -0.3 is 5.11 Å². The Morgan fingerprint density at radius 2 is 1.67 bits per heavy atom. The van der Waals surface area contributed by atoms with Crippen LogP contribution in [-0.4, -0.2) is 16.1 Å². The number of aryl methyl sites for hydroxylation is 1. The number of pyridine rings is 1. The zero-order chi connectivity index (χ0) is 14.3. The first-order valence-electron chi connectivity index (χ1n) is 4.34. The Morgan fingerprint density at radius 3 is 2.00 bits per heavy atom. The maximum atomic E-state index is 12.5. The predicted octanol–water partition coefficient (Wildman–Crippen LogP) is 3.13. The van der Waals surface area contributed by atoms with E-state index in [0.717, 1.165) is 6.92 Å². The minimum atomic E-state index is -5.28. The number of halogens is 6. The van der Waals surface area contributed by atoms with Gasteiger partial charge in [0.05, 0.1) is 5.56 Å². The number of carboxylic acid groups (broad SMARTS) is 1. The molecule has 18 heavy (non-hydrogen) atoms. The van der Waals surface area contributed by atoms with Gasteiger partial charge in [-0.2, -0.15) is 26.3 Å². The molecule has 0 aromatic carbocycles. The van der Waals surface area contributed by atoms with Crippen LogP contribution < -0.4 is 0 Å². The monoisotopic (exact) mass is 273 g/mol. The highest BCUT2D eigenvalue weighted by atomic mass is 19.4. The Kier molecular flexibility index (Phi) is 3.28. The van der Waals surface area contributed by atoms with Gasteiger partial charge in [0.1, 0.15) is 5.69 Å². The van der Waals surface area contributed by atoms with Crippen LogP contribution in [0.1, 0.15) is 27.3 Å². The van der Waals surface area contributed by atoms with Crippen LogP contribution in [0.3, 0.4) is 0 Å². The third kappa shape index (κ3) is 2.71. The number of alkyl halides is 6. The Balaban J connectivity index is 3.64. The second-order valence-corrected chi connectivity index (χ2v) is 3.35. The third-order valence-electron chi connectivity index (χ3n) is 1.99.